The summed E-state index contributed by atoms with van der Waals surface area (Å²) in [6.07, 6.45) is 3.00. The lowest BCUT2D eigenvalue weighted by Gasteiger charge is -2.38. The highest BCUT2D eigenvalue weighted by molar-refractivity contribution is 6.30. The Morgan fingerprint density at radius 2 is 1.91 bits per heavy atom. The molecule has 2 heterocycles. The van der Waals surface area contributed by atoms with Gasteiger partial charge in [-0.1, -0.05) is 35.9 Å². The molecule has 0 aliphatic carbocycles. The van der Waals surface area contributed by atoms with Crippen LogP contribution in [0.25, 0.3) is 0 Å². The Morgan fingerprint density at radius 3 is 2.70 bits per heavy atom. The van der Waals surface area contributed by atoms with Crippen LogP contribution < -0.4 is 9.47 Å². The number of hydrogen-bond donors (Lipinski definition) is 1. The number of aromatic nitrogens is 1. The molecule has 1 amide bonds. The van der Waals surface area contributed by atoms with Gasteiger partial charge in [0.15, 0.2) is 13.2 Å². The zero-order valence-corrected chi connectivity index (χ0v) is 18.2. The number of carbonyl (C=O) groups excluding carboxylic acids is 1. The van der Waals surface area contributed by atoms with E-state index in [1.165, 1.54) is 6.20 Å². The van der Waals surface area contributed by atoms with Crippen molar-refractivity contribution in [2.24, 2.45) is 0 Å². The molecule has 1 unspecified atom stereocenters. The Labute approximate surface area is 194 Å². The fraction of sp³-hybridized carbons (Fsp3) is 0.208. The summed E-state index contributed by atoms with van der Waals surface area (Å²) in [5.41, 5.74) is 2.51. The molecule has 1 aromatic heterocycles. The Bertz CT molecular complexity index is 1190. The molecule has 2 aromatic carbocycles. The number of rotatable bonds is 7. The molecule has 3 aromatic rings. The quantitative estimate of drug-likeness (QED) is 0.563. The van der Waals surface area contributed by atoms with Gasteiger partial charge in [0, 0.05) is 23.2 Å². The summed E-state index contributed by atoms with van der Waals surface area (Å²) < 4.78 is 24.4. The first kappa shape index (κ1) is 22.5. The fourth-order valence-electron chi connectivity index (χ4n) is 3.87. The van der Waals surface area contributed by atoms with E-state index in [1.54, 1.807) is 23.1 Å². The lowest BCUT2D eigenvalue weighted by atomic mass is 9.87. The second-order valence-corrected chi connectivity index (χ2v) is 7.87. The minimum Gasteiger partial charge on any atom is -0.482 e. The topological polar surface area (TPSA) is 89.0 Å². The maximum atomic E-state index is 13.4. The summed E-state index contributed by atoms with van der Waals surface area (Å²) in [7, 11) is 0. The molecule has 0 spiro atoms. The van der Waals surface area contributed by atoms with Gasteiger partial charge in [0.25, 0.3) is 5.91 Å². The summed E-state index contributed by atoms with van der Waals surface area (Å²) in [5, 5.41) is 9.48. The molecule has 170 valence electrons. The van der Waals surface area contributed by atoms with Crippen LogP contribution in [-0.4, -0.2) is 46.6 Å². The van der Waals surface area contributed by atoms with E-state index in [0.717, 1.165) is 23.4 Å². The molecular formula is C24H20ClFN2O5. The van der Waals surface area contributed by atoms with Crippen LogP contribution in [0.1, 0.15) is 22.7 Å². The Hall–Kier alpha value is -3.65. The number of carbonyl (C=O) groups is 2. The first-order chi connectivity index (χ1) is 15.9. The van der Waals surface area contributed by atoms with E-state index in [9.17, 15) is 14.0 Å². The van der Waals surface area contributed by atoms with Gasteiger partial charge in [0.1, 0.15) is 17.3 Å². The van der Waals surface area contributed by atoms with Crippen LogP contribution in [-0.2, 0) is 16.0 Å². The van der Waals surface area contributed by atoms with Crippen LogP contribution in [0.4, 0.5) is 4.39 Å². The highest BCUT2D eigenvalue weighted by Crippen LogP contribution is 2.40. The molecule has 1 N–H and O–H groups in total. The van der Waals surface area contributed by atoms with Crippen molar-refractivity contribution in [2.45, 2.75) is 12.5 Å². The van der Waals surface area contributed by atoms with Gasteiger partial charge in [0.2, 0.25) is 0 Å². The molecule has 4 rings (SSSR count). The van der Waals surface area contributed by atoms with Crippen molar-refractivity contribution in [3.63, 3.8) is 0 Å². The molecule has 1 aliphatic heterocycles. The zero-order valence-electron chi connectivity index (χ0n) is 17.4. The number of amides is 1. The van der Waals surface area contributed by atoms with Gasteiger partial charge in [-0.25, -0.2) is 9.18 Å². The molecule has 1 aliphatic rings. The van der Waals surface area contributed by atoms with Crippen LogP contribution in [0, 0.1) is 5.82 Å². The van der Waals surface area contributed by atoms with Gasteiger partial charge >= 0.3 is 5.97 Å². The monoisotopic (exact) mass is 470 g/mol. The molecular weight excluding hydrogens is 451 g/mol. The third-order valence-electron chi connectivity index (χ3n) is 5.26. The number of halogens is 2. The van der Waals surface area contributed by atoms with E-state index >= 15 is 0 Å². The minimum atomic E-state index is -1.12. The zero-order chi connectivity index (χ0) is 23.4. The summed E-state index contributed by atoms with van der Waals surface area (Å²) in [6, 6.07) is 13.1. The normalized spacial score (nSPS) is 15.0. The van der Waals surface area contributed by atoms with Crippen LogP contribution in [0.2, 0.25) is 5.02 Å². The van der Waals surface area contributed by atoms with Gasteiger partial charge in [-0.2, -0.15) is 0 Å². The van der Waals surface area contributed by atoms with E-state index in [1.807, 2.05) is 24.3 Å². The maximum absolute atomic E-state index is 13.4. The molecule has 7 nitrogen and oxygen atoms in total. The van der Waals surface area contributed by atoms with E-state index in [0.29, 0.717) is 29.3 Å². The highest BCUT2D eigenvalue weighted by Gasteiger charge is 2.34. The van der Waals surface area contributed by atoms with Gasteiger partial charge in [0.05, 0.1) is 18.4 Å². The molecule has 0 radical (unpaired) electrons. The van der Waals surface area contributed by atoms with E-state index < -0.39 is 24.4 Å². The van der Waals surface area contributed by atoms with Gasteiger partial charge in [-0.05, 0) is 35.7 Å². The predicted molar refractivity (Wildman–Crippen MR) is 118 cm³/mol. The van der Waals surface area contributed by atoms with Crippen LogP contribution in [0.5, 0.6) is 11.5 Å². The summed E-state index contributed by atoms with van der Waals surface area (Å²) in [6.45, 7) is -0.460. The van der Waals surface area contributed by atoms with Crippen LogP contribution in [0.3, 0.4) is 0 Å². The average molecular weight is 471 g/mol. The predicted octanol–water partition coefficient (Wildman–Crippen LogP) is 3.89. The van der Waals surface area contributed by atoms with Gasteiger partial charge < -0.3 is 19.5 Å². The molecule has 1 atom stereocenters. The van der Waals surface area contributed by atoms with Crippen molar-refractivity contribution in [3.8, 4) is 11.5 Å². The van der Waals surface area contributed by atoms with Gasteiger partial charge in [-0.3, -0.25) is 9.78 Å². The number of hydrogen-bond acceptors (Lipinski definition) is 5. The number of carboxylic acids is 1. The largest absolute Gasteiger partial charge is 0.482 e. The lowest BCUT2D eigenvalue weighted by Crippen LogP contribution is -2.43. The number of aliphatic carboxylic acids is 1. The highest BCUT2D eigenvalue weighted by atomic mass is 35.5. The van der Waals surface area contributed by atoms with Crippen LogP contribution in [0.15, 0.2) is 60.9 Å². The van der Waals surface area contributed by atoms with Gasteiger partial charge in [-0.15, -0.1) is 0 Å². The number of pyridine rings is 1. The number of ether oxygens (including phenoxy) is 2. The summed E-state index contributed by atoms with van der Waals surface area (Å²) >= 11 is 6.27. The summed E-state index contributed by atoms with van der Waals surface area (Å²) in [5.74, 6) is -1.56. The number of carboxylic acid groups (broad SMARTS) is 1. The van der Waals surface area contributed by atoms with Crippen LogP contribution >= 0.6 is 11.6 Å². The van der Waals surface area contributed by atoms with Crippen molar-refractivity contribution in [2.75, 3.05) is 19.8 Å². The molecule has 33 heavy (non-hydrogen) atoms. The van der Waals surface area contributed by atoms with Crippen molar-refractivity contribution >= 4 is 23.5 Å². The van der Waals surface area contributed by atoms with E-state index in [2.05, 4.69) is 4.98 Å². The average Bonchev–Trinajstić information content (AvgIpc) is 2.81. The van der Waals surface area contributed by atoms with Crippen molar-refractivity contribution < 1.29 is 28.6 Å². The standard InChI is InChI=1S/C24H20ClFN2O5/c25-16-5-6-21(33-14-23(30)31)20(9-16)24-19-4-2-1-3-15(19)7-8-28(24)22(29)13-32-18-10-17(26)11-27-12-18/h1-6,9-12,24H,7-8,13-14H2,(H,30,31). The minimum absolute atomic E-state index is 0.144. The smallest absolute Gasteiger partial charge is 0.341 e. The van der Waals surface area contributed by atoms with Crippen molar-refractivity contribution in [1.29, 1.82) is 0 Å². The van der Waals surface area contributed by atoms with Crippen molar-refractivity contribution in [3.05, 3.63) is 88.5 Å². The maximum Gasteiger partial charge on any atom is 0.341 e. The first-order valence-electron chi connectivity index (χ1n) is 10.2. The van der Waals surface area contributed by atoms with E-state index in [4.69, 9.17) is 26.2 Å². The third-order valence-corrected chi connectivity index (χ3v) is 5.50. The molecule has 0 fully saturated rings. The summed E-state index contributed by atoms with van der Waals surface area (Å²) in [4.78, 5) is 29.7. The second-order valence-electron chi connectivity index (χ2n) is 7.43. The third kappa shape index (κ3) is 5.23. The Kier molecular flexibility index (Phi) is 6.74. The lowest BCUT2D eigenvalue weighted by molar-refractivity contribution is -0.139. The Balaban J connectivity index is 1.68. The molecule has 0 saturated heterocycles. The SMILES string of the molecule is O=C(O)COc1ccc(Cl)cc1C1c2ccccc2CCN1C(=O)COc1cncc(F)c1. The Morgan fingerprint density at radius 1 is 1.09 bits per heavy atom. The number of nitrogens with zero attached hydrogens (tertiary/aromatic N) is 2. The second kappa shape index (κ2) is 9.87. The fourth-order valence-corrected chi connectivity index (χ4v) is 4.05. The number of fused-ring (bicyclic) bond motifs is 1. The number of benzene rings is 2. The van der Waals surface area contributed by atoms with Crippen molar-refractivity contribution in [1.82, 2.24) is 9.88 Å². The first-order valence-corrected chi connectivity index (χ1v) is 10.5. The molecule has 0 bridgehead atoms. The van der Waals surface area contributed by atoms with E-state index in [-0.39, 0.29) is 18.3 Å². The molecule has 0 saturated carbocycles. The molecule has 9 heteroatoms.